The van der Waals surface area contributed by atoms with E-state index in [2.05, 4.69) is 30.3 Å². The van der Waals surface area contributed by atoms with Crippen LogP contribution in [-0.4, -0.2) is 34.5 Å². The van der Waals surface area contributed by atoms with Gasteiger partial charge in [0, 0.05) is 0 Å². The van der Waals surface area contributed by atoms with Crippen molar-refractivity contribution in [3.8, 4) is 0 Å². The minimum absolute atomic E-state index is 0.0818. The molecule has 0 radical (unpaired) electrons. The van der Waals surface area contributed by atoms with Gasteiger partial charge in [0.15, 0.2) is 0 Å². The molecule has 3 heteroatoms. The van der Waals surface area contributed by atoms with E-state index in [1.165, 1.54) is 29.0 Å². The Kier molecular flexibility index (Phi) is 6.81. The molecule has 0 aliphatic carbocycles. The summed E-state index contributed by atoms with van der Waals surface area (Å²) in [6.45, 7) is 1.73. The van der Waals surface area contributed by atoms with Gasteiger partial charge in [0.25, 0.3) is 0 Å². The van der Waals surface area contributed by atoms with E-state index >= 15 is 0 Å². The van der Waals surface area contributed by atoms with Crippen molar-refractivity contribution in [3.05, 3.63) is 30.3 Å². The third kappa shape index (κ3) is 5.53. The summed E-state index contributed by atoms with van der Waals surface area (Å²) < 4.78 is 12.8. The molecule has 100 valence electrons. The maximum atomic E-state index is 5.72. The average molecular weight is 313 g/mol. The van der Waals surface area contributed by atoms with Gasteiger partial charge in [-0.05, 0) is 0 Å². The van der Waals surface area contributed by atoms with E-state index in [1.54, 1.807) is 0 Å². The van der Waals surface area contributed by atoms with E-state index in [0.29, 0.717) is 15.0 Å². The molecule has 0 saturated carbocycles. The fourth-order valence-electron chi connectivity index (χ4n) is 1.97. The second-order valence-corrected chi connectivity index (χ2v) is 6.99. The number of hydrogen-bond acceptors (Lipinski definition) is 2. The van der Waals surface area contributed by atoms with Crippen LogP contribution in [0.15, 0.2) is 30.3 Å². The van der Waals surface area contributed by atoms with Crippen LogP contribution in [0.4, 0.5) is 0 Å². The molecule has 2 rings (SSSR count). The van der Waals surface area contributed by atoms with E-state index in [9.17, 15) is 0 Å². The Labute approximate surface area is 116 Å². The zero-order valence-corrected chi connectivity index (χ0v) is 12.6. The van der Waals surface area contributed by atoms with Crippen LogP contribution in [0, 0.1) is 0 Å². The van der Waals surface area contributed by atoms with E-state index in [-0.39, 0.29) is 6.29 Å². The number of benzene rings is 1. The number of unbranched alkanes of at least 4 members (excludes halogenated alkanes) is 1. The molecule has 1 saturated heterocycles. The van der Waals surface area contributed by atoms with E-state index in [0.717, 1.165) is 26.1 Å². The zero-order valence-electron chi connectivity index (χ0n) is 10.8. The molecule has 2 nitrogen and oxygen atoms in total. The van der Waals surface area contributed by atoms with E-state index in [1.807, 2.05) is 0 Å². The van der Waals surface area contributed by atoms with Crippen LogP contribution in [0.3, 0.4) is 0 Å². The van der Waals surface area contributed by atoms with Crippen LogP contribution in [0.1, 0.15) is 32.1 Å². The second-order valence-electron chi connectivity index (χ2n) is 4.54. The van der Waals surface area contributed by atoms with Gasteiger partial charge in [0.05, 0.1) is 0 Å². The molecule has 1 aromatic carbocycles. The van der Waals surface area contributed by atoms with Crippen molar-refractivity contribution >= 4 is 19.4 Å². The second kappa shape index (κ2) is 8.71. The summed E-state index contributed by atoms with van der Waals surface area (Å²) >= 11 is 0.628. The van der Waals surface area contributed by atoms with Gasteiger partial charge in [0.1, 0.15) is 0 Å². The monoisotopic (exact) mass is 314 g/mol. The van der Waals surface area contributed by atoms with Crippen molar-refractivity contribution in [2.24, 2.45) is 0 Å². The van der Waals surface area contributed by atoms with Gasteiger partial charge in [-0.15, -0.1) is 0 Å². The SMILES string of the molecule is c1ccc([Se]CCCCOC2CCCCO2)cc1. The normalized spacial score (nSPS) is 19.9. The molecule has 0 bridgehead atoms. The number of rotatable bonds is 7. The minimum atomic E-state index is 0.0818. The Hall–Kier alpha value is -0.341. The third-order valence-electron chi connectivity index (χ3n) is 2.99. The molecule has 1 aromatic rings. The summed E-state index contributed by atoms with van der Waals surface area (Å²) in [5, 5.41) is 1.31. The van der Waals surface area contributed by atoms with Gasteiger partial charge < -0.3 is 0 Å². The molecule has 1 aliphatic heterocycles. The summed E-state index contributed by atoms with van der Waals surface area (Å²) in [5.41, 5.74) is 0. The summed E-state index contributed by atoms with van der Waals surface area (Å²) in [7, 11) is 0. The summed E-state index contributed by atoms with van der Waals surface area (Å²) in [6, 6.07) is 10.8. The Balaban J connectivity index is 1.46. The first-order valence-corrected chi connectivity index (χ1v) is 8.93. The van der Waals surface area contributed by atoms with Crippen molar-refractivity contribution in [2.75, 3.05) is 13.2 Å². The average Bonchev–Trinajstić information content (AvgIpc) is 2.45. The van der Waals surface area contributed by atoms with Gasteiger partial charge in [-0.3, -0.25) is 0 Å². The fraction of sp³-hybridized carbons (Fsp3) is 0.600. The Morgan fingerprint density at radius 3 is 2.83 bits per heavy atom. The van der Waals surface area contributed by atoms with E-state index < -0.39 is 0 Å². The molecule has 1 aliphatic rings. The number of ether oxygens (including phenoxy) is 2. The molecule has 1 fully saturated rings. The first kappa shape index (κ1) is 14.1. The van der Waals surface area contributed by atoms with Crippen LogP contribution in [0.5, 0.6) is 0 Å². The number of hydrogen-bond donors (Lipinski definition) is 0. The van der Waals surface area contributed by atoms with Crippen molar-refractivity contribution in [1.29, 1.82) is 0 Å². The Morgan fingerprint density at radius 1 is 1.17 bits per heavy atom. The summed E-state index contributed by atoms with van der Waals surface area (Å²) in [5.74, 6) is 0. The van der Waals surface area contributed by atoms with E-state index in [4.69, 9.17) is 9.47 Å². The van der Waals surface area contributed by atoms with Crippen LogP contribution in [0.2, 0.25) is 5.32 Å². The molecular formula is C15H22O2Se. The summed E-state index contributed by atoms with van der Waals surface area (Å²) in [4.78, 5) is 0. The van der Waals surface area contributed by atoms with Gasteiger partial charge in [-0.1, -0.05) is 0 Å². The van der Waals surface area contributed by atoms with Gasteiger partial charge in [0.2, 0.25) is 0 Å². The van der Waals surface area contributed by atoms with Crippen LogP contribution in [0.25, 0.3) is 0 Å². The van der Waals surface area contributed by atoms with Gasteiger partial charge in [-0.2, -0.15) is 0 Å². The topological polar surface area (TPSA) is 18.5 Å². The molecule has 1 atom stereocenters. The predicted molar refractivity (Wildman–Crippen MR) is 75.4 cm³/mol. The fourth-order valence-corrected chi connectivity index (χ4v) is 3.93. The van der Waals surface area contributed by atoms with Crippen molar-refractivity contribution in [3.63, 3.8) is 0 Å². The van der Waals surface area contributed by atoms with Gasteiger partial charge in [-0.25, -0.2) is 0 Å². The third-order valence-corrected chi connectivity index (χ3v) is 5.30. The molecular weight excluding hydrogens is 291 g/mol. The molecule has 0 aromatic heterocycles. The summed E-state index contributed by atoms with van der Waals surface area (Å²) in [6.07, 6.45) is 6.03. The first-order valence-electron chi connectivity index (χ1n) is 6.86. The molecule has 1 heterocycles. The van der Waals surface area contributed by atoms with Crippen LogP contribution < -0.4 is 4.46 Å². The zero-order chi connectivity index (χ0) is 12.5. The van der Waals surface area contributed by atoms with Crippen molar-refractivity contribution in [1.82, 2.24) is 0 Å². The Morgan fingerprint density at radius 2 is 2.06 bits per heavy atom. The molecule has 0 N–H and O–H groups in total. The van der Waals surface area contributed by atoms with Crippen molar-refractivity contribution < 1.29 is 9.47 Å². The standard InChI is InChI=1S/C15H22O2Se/c1-2-8-14(9-3-1)18-13-7-6-12-17-15-10-4-5-11-16-15/h1-3,8-9,15H,4-7,10-13H2. The Bertz CT molecular complexity index is 310. The van der Waals surface area contributed by atoms with Gasteiger partial charge >= 0.3 is 116 Å². The molecule has 18 heavy (non-hydrogen) atoms. The molecule has 0 spiro atoms. The maximum absolute atomic E-state index is 5.72. The van der Waals surface area contributed by atoms with Crippen LogP contribution >= 0.6 is 0 Å². The van der Waals surface area contributed by atoms with Crippen LogP contribution in [-0.2, 0) is 9.47 Å². The van der Waals surface area contributed by atoms with Crippen molar-refractivity contribution in [2.45, 2.75) is 43.7 Å². The predicted octanol–water partition coefficient (Wildman–Crippen LogP) is 2.76. The first-order chi connectivity index (χ1) is 8.95. The quantitative estimate of drug-likeness (QED) is 0.569. The molecule has 1 unspecified atom stereocenters. The molecule has 0 amide bonds.